The Labute approximate surface area is 128 Å². The molecule has 0 radical (unpaired) electrons. The molecule has 0 aliphatic heterocycles. The van der Waals surface area contributed by atoms with Crippen LogP contribution in [0.25, 0.3) is 10.9 Å². The van der Waals surface area contributed by atoms with Gasteiger partial charge in [0.1, 0.15) is 5.03 Å². The molecule has 1 N–H and O–H groups in total. The summed E-state index contributed by atoms with van der Waals surface area (Å²) in [5, 5.41) is 3.17. The second kappa shape index (κ2) is 6.78. The van der Waals surface area contributed by atoms with E-state index >= 15 is 0 Å². The van der Waals surface area contributed by atoms with Crippen LogP contribution in [0.3, 0.4) is 0 Å². The fraction of sp³-hybridized carbons (Fsp3) is 0.214. The van der Waals surface area contributed by atoms with Crippen LogP contribution in [0.4, 0.5) is 13.2 Å². The first-order chi connectivity index (χ1) is 10.4. The highest BCUT2D eigenvalue weighted by molar-refractivity contribution is 8.00. The van der Waals surface area contributed by atoms with Gasteiger partial charge in [0.05, 0.1) is 11.3 Å². The van der Waals surface area contributed by atoms with Crippen LogP contribution >= 0.6 is 11.8 Å². The van der Waals surface area contributed by atoms with Crippen molar-refractivity contribution in [3.05, 3.63) is 42.7 Å². The number of nitrogens with zero attached hydrogens (tertiary/aromatic N) is 2. The van der Waals surface area contributed by atoms with Crippen molar-refractivity contribution in [2.24, 2.45) is 0 Å². The molecule has 2 rings (SSSR count). The Bertz CT molecular complexity index is 703. The van der Waals surface area contributed by atoms with Crippen molar-refractivity contribution in [2.45, 2.75) is 11.2 Å². The van der Waals surface area contributed by atoms with Crippen molar-refractivity contribution in [2.75, 3.05) is 12.3 Å². The molecule has 0 aliphatic rings. The van der Waals surface area contributed by atoms with Gasteiger partial charge in [-0.3, -0.25) is 4.79 Å². The summed E-state index contributed by atoms with van der Waals surface area (Å²) in [5.74, 6) is -1.55. The zero-order chi connectivity index (χ0) is 16.2. The van der Waals surface area contributed by atoms with E-state index in [4.69, 9.17) is 0 Å². The summed E-state index contributed by atoms with van der Waals surface area (Å²) in [5.41, 5.74) is 0.193. The average molecular weight is 327 g/mol. The number of thioether (sulfide) groups is 1. The predicted octanol–water partition coefficient (Wildman–Crippen LogP) is 3.04. The Morgan fingerprint density at radius 3 is 2.73 bits per heavy atom. The number of alkyl halides is 3. The quantitative estimate of drug-likeness (QED) is 0.521. The van der Waals surface area contributed by atoms with Gasteiger partial charge >= 0.3 is 6.18 Å². The van der Waals surface area contributed by atoms with E-state index in [0.717, 1.165) is 11.8 Å². The van der Waals surface area contributed by atoms with E-state index < -0.39 is 12.0 Å². The highest BCUT2D eigenvalue weighted by Crippen LogP contribution is 2.31. The monoisotopic (exact) mass is 327 g/mol. The van der Waals surface area contributed by atoms with E-state index in [-0.39, 0.29) is 22.2 Å². The van der Waals surface area contributed by atoms with Crippen molar-refractivity contribution in [3.63, 3.8) is 0 Å². The number of amides is 1. The van der Waals surface area contributed by atoms with E-state index in [9.17, 15) is 18.0 Å². The third-order valence-electron chi connectivity index (χ3n) is 2.61. The topological polar surface area (TPSA) is 54.9 Å². The molecule has 1 aromatic carbocycles. The van der Waals surface area contributed by atoms with Crippen molar-refractivity contribution in [1.82, 2.24) is 15.3 Å². The highest BCUT2D eigenvalue weighted by Gasteiger charge is 2.35. The fourth-order valence-corrected chi connectivity index (χ4v) is 2.50. The predicted molar refractivity (Wildman–Crippen MR) is 78.5 cm³/mol. The van der Waals surface area contributed by atoms with Gasteiger partial charge in [0.15, 0.2) is 0 Å². The molecule has 0 bridgehead atoms. The molecule has 1 heterocycles. The molecule has 2 aromatic rings. The van der Waals surface area contributed by atoms with Crippen LogP contribution in [0.5, 0.6) is 0 Å². The van der Waals surface area contributed by atoms with E-state index in [1.54, 1.807) is 18.2 Å². The maximum Gasteiger partial charge on any atom is 0.451 e. The lowest BCUT2D eigenvalue weighted by Crippen LogP contribution is -2.25. The molecular formula is C14H12F3N3OS. The Morgan fingerprint density at radius 2 is 2.05 bits per heavy atom. The molecule has 4 nitrogen and oxygen atoms in total. The average Bonchev–Trinajstić information content (AvgIpc) is 2.49. The first-order valence-corrected chi connectivity index (χ1v) is 7.24. The molecule has 116 valence electrons. The minimum atomic E-state index is -4.63. The first kappa shape index (κ1) is 16.3. The van der Waals surface area contributed by atoms with E-state index in [1.807, 2.05) is 0 Å². The lowest BCUT2D eigenvalue weighted by Gasteiger charge is -2.10. The van der Waals surface area contributed by atoms with Crippen molar-refractivity contribution in [1.29, 1.82) is 0 Å². The number of hydrogen-bond acceptors (Lipinski definition) is 4. The Kier molecular flexibility index (Phi) is 5.02. The van der Waals surface area contributed by atoms with Gasteiger partial charge in [0.25, 0.3) is 0 Å². The summed E-state index contributed by atoms with van der Waals surface area (Å²) in [6, 6.07) is 6.38. The van der Waals surface area contributed by atoms with Crippen LogP contribution in [-0.4, -0.2) is 28.2 Å². The molecular weight excluding hydrogens is 315 g/mol. The van der Waals surface area contributed by atoms with Crippen LogP contribution in [0.15, 0.2) is 41.9 Å². The molecule has 8 heteroatoms. The van der Waals surface area contributed by atoms with Gasteiger partial charge in [0.2, 0.25) is 11.7 Å². The summed E-state index contributed by atoms with van der Waals surface area (Å²) in [4.78, 5) is 18.6. The zero-order valence-electron chi connectivity index (χ0n) is 11.4. The second-order valence-electron chi connectivity index (χ2n) is 4.25. The highest BCUT2D eigenvalue weighted by atomic mass is 32.2. The molecule has 0 saturated heterocycles. The smallest absolute Gasteiger partial charge is 0.352 e. The molecule has 0 aliphatic carbocycles. The largest absolute Gasteiger partial charge is 0.451 e. The number of hydrogen-bond donors (Lipinski definition) is 1. The number of para-hydroxylation sites is 1. The maximum absolute atomic E-state index is 12.8. The number of carbonyl (C=O) groups excluding carboxylic acids is 1. The second-order valence-corrected chi connectivity index (χ2v) is 5.21. The Hall–Kier alpha value is -2.09. The van der Waals surface area contributed by atoms with Crippen LogP contribution in [0.2, 0.25) is 0 Å². The molecule has 1 amide bonds. The standard InChI is InChI=1S/C14H12F3N3OS/c1-2-7-18-11(21)8-22-12-9-5-3-4-6-10(9)19-13(20-12)14(15,16)17/h2-6H,1,7-8H2,(H,18,21). The molecule has 1 aromatic heterocycles. The number of fused-ring (bicyclic) bond motifs is 1. The van der Waals surface area contributed by atoms with Crippen LogP contribution in [0, 0.1) is 0 Å². The van der Waals surface area contributed by atoms with E-state index in [0.29, 0.717) is 11.9 Å². The fourth-order valence-electron chi connectivity index (χ4n) is 1.66. The lowest BCUT2D eigenvalue weighted by atomic mass is 10.2. The summed E-state index contributed by atoms with van der Waals surface area (Å²) < 4.78 is 38.5. The molecule has 0 saturated carbocycles. The van der Waals surface area contributed by atoms with Crippen LogP contribution in [0.1, 0.15) is 5.82 Å². The third-order valence-corrected chi connectivity index (χ3v) is 3.60. The summed E-state index contributed by atoms with van der Waals surface area (Å²) in [7, 11) is 0. The van der Waals surface area contributed by atoms with Crippen molar-refractivity contribution < 1.29 is 18.0 Å². The summed E-state index contributed by atoms with van der Waals surface area (Å²) in [6.07, 6.45) is -3.12. The third kappa shape index (κ3) is 3.97. The molecule has 0 atom stereocenters. The number of benzene rings is 1. The number of rotatable bonds is 5. The van der Waals surface area contributed by atoms with Crippen molar-refractivity contribution >= 4 is 28.6 Å². The normalized spacial score (nSPS) is 11.4. The van der Waals surface area contributed by atoms with Crippen molar-refractivity contribution in [3.8, 4) is 0 Å². The van der Waals surface area contributed by atoms with E-state index in [1.165, 1.54) is 12.1 Å². The number of halogens is 3. The molecule has 0 spiro atoms. The van der Waals surface area contributed by atoms with E-state index in [2.05, 4.69) is 21.9 Å². The van der Waals surface area contributed by atoms with Gasteiger partial charge in [-0.2, -0.15) is 13.2 Å². The van der Waals surface area contributed by atoms with Gasteiger partial charge in [0, 0.05) is 11.9 Å². The van der Waals surface area contributed by atoms with Gasteiger partial charge < -0.3 is 5.32 Å². The SMILES string of the molecule is C=CCNC(=O)CSc1nc(C(F)(F)F)nc2ccccc12. The van der Waals surface area contributed by atoms with Crippen LogP contribution < -0.4 is 5.32 Å². The van der Waals surface area contributed by atoms with Gasteiger partial charge in [-0.1, -0.05) is 36.0 Å². The molecule has 22 heavy (non-hydrogen) atoms. The first-order valence-electron chi connectivity index (χ1n) is 6.26. The Morgan fingerprint density at radius 1 is 1.32 bits per heavy atom. The van der Waals surface area contributed by atoms with Gasteiger partial charge in [-0.25, -0.2) is 9.97 Å². The van der Waals surface area contributed by atoms with Gasteiger partial charge in [-0.15, -0.1) is 6.58 Å². The zero-order valence-corrected chi connectivity index (χ0v) is 12.2. The number of aromatic nitrogens is 2. The maximum atomic E-state index is 12.8. The minimum Gasteiger partial charge on any atom is -0.352 e. The van der Waals surface area contributed by atoms with Crippen LogP contribution in [-0.2, 0) is 11.0 Å². The molecule has 0 unspecified atom stereocenters. The number of nitrogens with one attached hydrogen (secondary N) is 1. The number of carbonyl (C=O) groups is 1. The summed E-state index contributed by atoms with van der Waals surface area (Å²) >= 11 is 0.941. The minimum absolute atomic E-state index is 0.0356. The molecule has 0 fully saturated rings. The lowest BCUT2D eigenvalue weighted by molar-refractivity contribution is -0.145. The summed E-state index contributed by atoms with van der Waals surface area (Å²) in [6.45, 7) is 3.77. The Balaban J connectivity index is 2.30. The van der Waals surface area contributed by atoms with Gasteiger partial charge in [-0.05, 0) is 6.07 Å².